The first-order valence-electron chi connectivity index (χ1n) is 11.8. The Labute approximate surface area is 201 Å². The summed E-state index contributed by atoms with van der Waals surface area (Å²) in [5.74, 6) is 0.299. The Bertz CT molecular complexity index is 1420. The molecular weight excluding hydrogens is 449 g/mol. The smallest absolute Gasteiger partial charge is 0.222 e. The molecule has 9 nitrogen and oxygen atoms in total. The van der Waals surface area contributed by atoms with Gasteiger partial charge in [-0.25, -0.2) is 14.4 Å². The van der Waals surface area contributed by atoms with E-state index in [0.717, 1.165) is 40.6 Å². The Morgan fingerprint density at radius 1 is 1.29 bits per heavy atom. The summed E-state index contributed by atoms with van der Waals surface area (Å²) in [5, 5.41) is 6.81. The highest BCUT2D eigenvalue weighted by atomic mass is 19.1. The highest BCUT2D eigenvalue weighted by Crippen LogP contribution is 2.32. The number of rotatable bonds is 8. The van der Waals surface area contributed by atoms with Gasteiger partial charge in [0.15, 0.2) is 5.82 Å². The lowest BCUT2D eigenvalue weighted by atomic mass is 10.1. The van der Waals surface area contributed by atoms with E-state index in [1.54, 1.807) is 30.4 Å². The summed E-state index contributed by atoms with van der Waals surface area (Å²) in [4.78, 5) is 38.2. The summed E-state index contributed by atoms with van der Waals surface area (Å²) in [5.41, 5.74) is 4.43. The quantitative estimate of drug-likeness (QED) is 0.361. The van der Waals surface area contributed by atoms with Gasteiger partial charge in [0, 0.05) is 63.2 Å². The SMILES string of the molecule is CNc1nc2[nH]c(-c3ccc(F)c(CNC(=O)CCCN4CCCC4=O)c3)cc2c2c1ncn2C. The van der Waals surface area contributed by atoms with Crippen LogP contribution in [-0.4, -0.2) is 56.4 Å². The minimum Gasteiger partial charge on any atom is -0.371 e. The van der Waals surface area contributed by atoms with Crippen LogP contribution in [0.3, 0.4) is 0 Å². The van der Waals surface area contributed by atoms with Crippen LogP contribution in [0.15, 0.2) is 30.6 Å². The molecule has 2 amide bonds. The molecule has 1 aliphatic heterocycles. The van der Waals surface area contributed by atoms with Crippen molar-refractivity contribution >= 4 is 39.7 Å². The normalized spacial score (nSPS) is 13.8. The molecule has 1 saturated heterocycles. The van der Waals surface area contributed by atoms with Crippen molar-refractivity contribution in [2.75, 3.05) is 25.5 Å². The number of hydrogen-bond acceptors (Lipinski definition) is 5. The van der Waals surface area contributed by atoms with E-state index in [9.17, 15) is 14.0 Å². The monoisotopic (exact) mass is 477 g/mol. The standard InChI is InChI=1S/C25H28FN7O2/c1-27-25-22-23(32(2)14-29-22)17-12-19(30-24(17)31-25)15-7-8-18(26)16(11-15)13-28-20(34)5-3-9-33-10-4-6-21(33)35/h7-8,11-12,14H,3-6,9-10,13H2,1-2H3,(H,28,34)(H2,27,30,31). The van der Waals surface area contributed by atoms with Gasteiger partial charge in [0.05, 0.1) is 11.8 Å². The average Bonchev–Trinajstić information content (AvgIpc) is 3.56. The number of nitrogens with one attached hydrogen (secondary N) is 3. The maximum atomic E-state index is 14.5. The predicted octanol–water partition coefficient (Wildman–Crippen LogP) is 3.32. The number of carbonyl (C=O) groups is 2. The number of benzene rings is 1. The number of anilines is 1. The van der Waals surface area contributed by atoms with Gasteiger partial charge in [-0.1, -0.05) is 0 Å². The summed E-state index contributed by atoms with van der Waals surface area (Å²) >= 11 is 0. The Morgan fingerprint density at radius 3 is 2.91 bits per heavy atom. The maximum absolute atomic E-state index is 14.5. The molecule has 1 aromatic carbocycles. The van der Waals surface area contributed by atoms with E-state index in [1.165, 1.54) is 6.07 Å². The molecule has 0 aliphatic carbocycles. The molecule has 4 aromatic rings. The molecule has 0 spiro atoms. The zero-order valence-electron chi connectivity index (χ0n) is 19.8. The number of fused-ring (bicyclic) bond motifs is 3. The number of hydrogen-bond donors (Lipinski definition) is 3. The topological polar surface area (TPSA) is 108 Å². The van der Waals surface area contributed by atoms with Crippen LogP contribution in [0.1, 0.15) is 31.2 Å². The third-order valence-corrected chi connectivity index (χ3v) is 6.51. The van der Waals surface area contributed by atoms with E-state index in [-0.39, 0.29) is 24.2 Å². The number of carbonyl (C=O) groups excluding carboxylic acids is 2. The van der Waals surface area contributed by atoms with Gasteiger partial charge in [0.25, 0.3) is 0 Å². The predicted molar refractivity (Wildman–Crippen MR) is 132 cm³/mol. The summed E-state index contributed by atoms with van der Waals surface area (Å²) in [7, 11) is 3.74. The molecule has 3 N–H and O–H groups in total. The number of H-pyrrole nitrogens is 1. The van der Waals surface area contributed by atoms with Gasteiger partial charge in [-0.05, 0) is 42.7 Å². The summed E-state index contributed by atoms with van der Waals surface area (Å²) in [6.07, 6.45) is 4.13. The van der Waals surface area contributed by atoms with E-state index < -0.39 is 0 Å². The molecule has 0 atom stereocenters. The Hall–Kier alpha value is -3.95. The molecular formula is C25H28FN7O2. The number of nitrogens with zero attached hydrogens (tertiary/aromatic N) is 4. The van der Waals surface area contributed by atoms with E-state index in [2.05, 4.69) is 25.6 Å². The van der Waals surface area contributed by atoms with Gasteiger partial charge in [0.2, 0.25) is 11.8 Å². The zero-order valence-corrected chi connectivity index (χ0v) is 19.8. The van der Waals surface area contributed by atoms with Crippen LogP contribution >= 0.6 is 0 Å². The van der Waals surface area contributed by atoms with Crippen molar-refractivity contribution in [2.24, 2.45) is 7.05 Å². The third kappa shape index (κ3) is 4.43. The number of pyridine rings is 1. The molecule has 3 aromatic heterocycles. The fraction of sp³-hybridized carbons (Fsp3) is 0.360. The Kier molecular flexibility index (Phi) is 6.10. The van der Waals surface area contributed by atoms with Gasteiger partial charge in [0.1, 0.15) is 17.0 Å². The maximum Gasteiger partial charge on any atom is 0.222 e. The minimum absolute atomic E-state index is 0.0928. The number of likely N-dealkylation sites (tertiary alicyclic amines) is 1. The number of aromatic nitrogens is 4. The third-order valence-electron chi connectivity index (χ3n) is 6.51. The van der Waals surface area contributed by atoms with Gasteiger partial charge < -0.3 is 25.1 Å². The molecule has 5 rings (SSSR count). The van der Waals surface area contributed by atoms with Crippen molar-refractivity contribution in [1.82, 2.24) is 29.7 Å². The largest absolute Gasteiger partial charge is 0.371 e. The van der Waals surface area contributed by atoms with Gasteiger partial charge in [-0.2, -0.15) is 0 Å². The van der Waals surface area contributed by atoms with E-state index in [1.807, 2.05) is 17.7 Å². The number of amides is 2. The van der Waals surface area contributed by atoms with Crippen molar-refractivity contribution < 1.29 is 14.0 Å². The lowest BCUT2D eigenvalue weighted by molar-refractivity contribution is -0.128. The molecule has 1 fully saturated rings. The molecule has 4 heterocycles. The van der Waals surface area contributed by atoms with Crippen LogP contribution in [0.25, 0.3) is 33.3 Å². The second-order valence-electron chi connectivity index (χ2n) is 8.88. The summed E-state index contributed by atoms with van der Waals surface area (Å²) in [6.45, 7) is 1.45. The van der Waals surface area contributed by atoms with E-state index >= 15 is 0 Å². The second-order valence-corrected chi connectivity index (χ2v) is 8.88. The van der Waals surface area contributed by atoms with Crippen LogP contribution in [0.2, 0.25) is 0 Å². The number of halogens is 1. The molecule has 1 aliphatic rings. The molecule has 10 heteroatoms. The summed E-state index contributed by atoms with van der Waals surface area (Å²) in [6, 6.07) is 6.84. The minimum atomic E-state index is -0.377. The van der Waals surface area contributed by atoms with Crippen molar-refractivity contribution in [1.29, 1.82) is 0 Å². The first-order chi connectivity index (χ1) is 16.9. The molecule has 0 radical (unpaired) electrons. The van der Waals surface area contributed by atoms with Crippen molar-refractivity contribution in [3.8, 4) is 11.3 Å². The Morgan fingerprint density at radius 2 is 2.14 bits per heavy atom. The van der Waals surface area contributed by atoms with Crippen molar-refractivity contribution in [2.45, 2.75) is 32.2 Å². The molecule has 182 valence electrons. The molecule has 0 bridgehead atoms. The van der Waals surface area contributed by atoms with Crippen LogP contribution in [0.4, 0.5) is 10.2 Å². The molecule has 35 heavy (non-hydrogen) atoms. The lowest BCUT2D eigenvalue weighted by Crippen LogP contribution is -2.28. The second kappa shape index (κ2) is 9.36. The highest BCUT2D eigenvalue weighted by molar-refractivity contribution is 6.07. The van der Waals surface area contributed by atoms with Gasteiger partial charge in [-0.3, -0.25) is 9.59 Å². The van der Waals surface area contributed by atoms with Crippen molar-refractivity contribution in [3.05, 3.63) is 42.0 Å². The van der Waals surface area contributed by atoms with Crippen molar-refractivity contribution in [3.63, 3.8) is 0 Å². The molecule has 0 saturated carbocycles. The van der Waals surface area contributed by atoms with Gasteiger partial charge >= 0.3 is 0 Å². The number of imidazole rings is 1. The molecule has 0 unspecified atom stereocenters. The van der Waals surface area contributed by atoms with E-state index in [4.69, 9.17) is 0 Å². The lowest BCUT2D eigenvalue weighted by Gasteiger charge is -2.15. The number of aromatic amines is 1. The van der Waals surface area contributed by atoms with Crippen LogP contribution < -0.4 is 10.6 Å². The van der Waals surface area contributed by atoms with Gasteiger partial charge in [-0.15, -0.1) is 0 Å². The van der Waals surface area contributed by atoms with Crippen LogP contribution in [0.5, 0.6) is 0 Å². The fourth-order valence-electron chi connectivity index (χ4n) is 4.66. The van der Waals surface area contributed by atoms with Crippen LogP contribution in [0, 0.1) is 5.82 Å². The zero-order chi connectivity index (χ0) is 24.5. The Balaban J connectivity index is 1.31. The fourth-order valence-corrected chi connectivity index (χ4v) is 4.66. The first kappa shape index (κ1) is 22.8. The van der Waals surface area contributed by atoms with E-state index in [0.29, 0.717) is 42.8 Å². The van der Waals surface area contributed by atoms with Crippen LogP contribution in [-0.2, 0) is 23.2 Å². The highest BCUT2D eigenvalue weighted by Gasteiger charge is 2.20. The average molecular weight is 478 g/mol. The summed E-state index contributed by atoms with van der Waals surface area (Å²) < 4.78 is 16.5. The number of aryl methyl sites for hydroxylation is 1. The first-order valence-corrected chi connectivity index (χ1v) is 11.8.